The summed E-state index contributed by atoms with van der Waals surface area (Å²) >= 11 is 0. The van der Waals surface area contributed by atoms with Crippen molar-refractivity contribution in [2.75, 3.05) is 14.2 Å². The summed E-state index contributed by atoms with van der Waals surface area (Å²) in [7, 11) is 3.45. The van der Waals surface area contributed by atoms with Gasteiger partial charge in [0.15, 0.2) is 11.5 Å². The third-order valence-corrected chi connectivity index (χ3v) is 9.15. The molecule has 1 aromatic rings. The molecule has 1 aromatic carbocycles. The van der Waals surface area contributed by atoms with Gasteiger partial charge in [0.2, 0.25) is 0 Å². The molecular weight excluding hydrogens is 352 g/mol. The van der Waals surface area contributed by atoms with Gasteiger partial charge in [-0.3, -0.25) is 4.79 Å². The first kappa shape index (κ1) is 17.1. The summed E-state index contributed by atoms with van der Waals surface area (Å²) in [6, 6.07) is 4.30. The molecular formula is C24H28O4. The number of hydrogen-bond acceptors (Lipinski definition) is 4. The first-order chi connectivity index (χ1) is 13.4. The number of allylic oxidation sites excluding steroid dienone is 1. The first-order valence-electron chi connectivity index (χ1n) is 10.6. The summed E-state index contributed by atoms with van der Waals surface area (Å²) < 4.78 is 18.7. The lowest BCUT2D eigenvalue weighted by Gasteiger charge is -2.70. The average Bonchev–Trinajstić information content (AvgIpc) is 3.07. The maximum absolute atomic E-state index is 12.8. The molecule has 7 rings (SSSR count). The van der Waals surface area contributed by atoms with Gasteiger partial charge in [-0.15, -0.1) is 0 Å². The summed E-state index contributed by atoms with van der Waals surface area (Å²) in [6.07, 6.45) is 8.67. The van der Waals surface area contributed by atoms with Crippen LogP contribution in [0.15, 0.2) is 24.3 Å². The molecule has 0 N–H and O–H groups in total. The number of rotatable bonds is 3. The molecule has 4 heteroatoms. The molecule has 148 valence electrons. The van der Waals surface area contributed by atoms with Crippen molar-refractivity contribution < 1.29 is 19.0 Å². The van der Waals surface area contributed by atoms with Gasteiger partial charge in [0.1, 0.15) is 17.5 Å². The van der Waals surface area contributed by atoms with Crippen LogP contribution >= 0.6 is 0 Å². The maximum atomic E-state index is 12.8. The molecule has 28 heavy (non-hydrogen) atoms. The predicted octanol–water partition coefficient (Wildman–Crippen LogP) is 3.85. The second-order valence-electron chi connectivity index (χ2n) is 9.73. The van der Waals surface area contributed by atoms with Crippen LogP contribution in [0.4, 0.5) is 0 Å². The molecule has 0 radical (unpaired) electrons. The Morgan fingerprint density at radius 3 is 2.79 bits per heavy atom. The smallest absolute Gasteiger partial charge is 0.166 e. The highest BCUT2D eigenvalue weighted by Gasteiger charge is 2.79. The molecule has 0 aromatic heterocycles. The number of benzene rings is 1. The van der Waals surface area contributed by atoms with Crippen LogP contribution in [0.25, 0.3) is 0 Å². The van der Waals surface area contributed by atoms with E-state index in [0.29, 0.717) is 11.8 Å². The normalized spacial score (nSPS) is 46.1. The molecule has 4 nitrogen and oxygen atoms in total. The highest BCUT2D eigenvalue weighted by molar-refractivity contribution is 5.82. The summed E-state index contributed by atoms with van der Waals surface area (Å²) in [5, 5.41) is 0. The third-order valence-electron chi connectivity index (χ3n) is 9.15. The zero-order chi connectivity index (χ0) is 19.5. The number of hydrogen-bond donors (Lipinski definition) is 0. The Bertz CT molecular complexity index is 935. The van der Waals surface area contributed by atoms with Crippen molar-refractivity contribution in [3.8, 4) is 11.5 Å². The molecule has 1 aliphatic heterocycles. The number of Topliss-reactive ketones (excluding diaryl/α,β-unsaturated/α-hetero) is 1. The van der Waals surface area contributed by atoms with Crippen molar-refractivity contribution in [3.05, 3.63) is 35.4 Å². The summed E-state index contributed by atoms with van der Waals surface area (Å²) in [6.45, 7) is 4.12. The van der Waals surface area contributed by atoms with E-state index in [1.54, 1.807) is 21.1 Å². The van der Waals surface area contributed by atoms with Gasteiger partial charge >= 0.3 is 0 Å². The van der Waals surface area contributed by atoms with Crippen molar-refractivity contribution in [1.29, 1.82) is 0 Å². The van der Waals surface area contributed by atoms with E-state index in [0.717, 1.165) is 30.8 Å². The van der Waals surface area contributed by atoms with Gasteiger partial charge in [0, 0.05) is 23.5 Å². The van der Waals surface area contributed by atoms with Crippen molar-refractivity contribution in [2.24, 2.45) is 23.2 Å². The van der Waals surface area contributed by atoms with Crippen LogP contribution in [0.1, 0.15) is 44.2 Å². The zero-order valence-corrected chi connectivity index (χ0v) is 17.1. The quantitative estimate of drug-likeness (QED) is 0.748. The highest BCUT2D eigenvalue weighted by Crippen LogP contribution is 2.77. The largest absolute Gasteiger partial charge is 0.493 e. The summed E-state index contributed by atoms with van der Waals surface area (Å²) in [5.41, 5.74) is 1.92. The highest BCUT2D eigenvalue weighted by atomic mass is 16.6. The number of fused-ring (bicyclic) bond motifs is 1. The number of carbonyl (C=O) groups is 1. The van der Waals surface area contributed by atoms with E-state index in [-0.39, 0.29) is 28.6 Å². The van der Waals surface area contributed by atoms with Crippen LogP contribution in [0.5, 0.6) is 11.5 Å². The Morgan fingerprint density at radius 1 is 1.25 bits per heavy atom. The minimum Gasteiger partial charge on any atom is -0.493 e. The maximum Gasteiger partial charge on any atom is 0.166 e. The molecule has 2 spiro atoms. The van der Waals surface area contributed by atoms with Gasteiger partial charge in [-0.25, -0.2) is 0 Å². The van der Waals surface area contributed by atoms with Crippen molar-refractivity contribution >= 4 is 5.78 Å². The molecule has 5 aliphatic carbocycles. The molecule has 4 bridgehead atoms. The SMILES string of the molecule is COc1ccc2c3c1O[C@H]1[C@@]4(OC)C=C[C@@]5(C[C@@H]4C(C)=O)[C@@H](C2)[C@H](C)CC[C@]315. The van der Waals surface area contributed by atoms with Crippen molar-refractivity contribution in [1.82, 2.24) is 0 Å². The van der Waals surface area contributed by atoms with Gasteiger partial charge in [-0.1, -0.05) is 25.1 Å². The van der Waals surface area contributed by atoms with E-state index in [4.69, 9.17) is 14.2 Å². The molecule has 7 atom stereocenters. The van der Waals surface area contributed by atoms with Crippen LogP contribution in [0.3, 0.4) is 0 Å². The minimum absolute atomic E-state index is 0.0312. The fourth-order valence-electron chi connectivity index (χ4n) is 8.06. The monoisotopic (exact) mass is 380 g/mol. The van der Waals surface area contributed by atoms with Gasteiger partial charge in [-0.05, 0) is 56.1 Å². The van der Waals surface area contributed by atoms with Crippen LogP contribution < -0.4 is 9.47 Å². The van der Waals surface area contributed by atoms with E-state index in [9.17, 15) is 4.79 Å². The second kappa shape index (κ2) is 5.02. The molecule has 0 saturated heterocycles. The number of carbonyl (C=O) groups excluding carboxylic acids is 1. The van der Waals surface area contributed by atoms with E-state index in [2.05, 4.69) is 31.2 Å². The Morgan fingerprint density at radius 2 is 2.07 bits per heavy atom. The van der Waals surface area contributed by atoms with Crippen LogP contribution in [0.2, 0.25) is 0 Å². The van der Waals surface area contributed by atoms with Gasteiger partial charge in [0.25, 0.3) is 0 Å². The fourth-order valence-corrected chi connectivity index (χ4v) is 8.06. The Balaban J connectivity index is 1.72. The topological polar surface area (TPSA) is 44.8 Å². The summed E-state index contributed by atoms with van der Waals surface area (Å²) in [5.74, 6) is 2.93. The molecule has 0 unspecified atom stereocenters. The molecule has 6 aliphatic rings. The van der Waals surface area contributed by atoms with E-state index in [1.807, 2.05) is 0 Å². The van der Waals surface area contributed by atoms with E-state index < -0.39 is 5.60 Å². The van der Waals surface area contributed by atoms with E-state index in [1.165, 1.54) is 17.5 Å². The number of ether oxygens (including phenoxy) is 3. The first-order valence-corrected chi connectivity index (χ1v) is 10.6. The standard InChI is InChI=1S/C24H28O4/c1-13-7-8-23-19-15-5-6-18(26-3)20(19)28-21(23)24(27-4)10-9-22(23,16(13)11-15)12-17(24)14(2)25/h5-6,9-10,13,16-17,21H,7-8,11-12H2,1-4H3/t13-,16+,17-,21-,22-,23+,24-/m1/s1. The predicted molar refractivity (Wildman–Crippen MR) is 105 cm³/mol. The number of ketones is 1. The fraction of sp³-hybridized carbons (Fsp3) is 0.625. The van der Waals surface area contributed by atoms with Crippen LogP contribution in [-0.2, 0) is 21.4 Å². The second-order valence-corrected chi connectivity index (χ2v) is 9.73. The lowest BCUT2D eigenvalue weighted by molar-refractivity contribution is -0.213. The average molecular weight is 380 g/mol. The minimum atomic E-state index is -0.697. The summed E-state index contributed by atoms with van der Waals surface area (Å²) in [4.78, 5) is 12.8. The molecule has 1 heterocycles. The van der Waals surface area contributed by atoms with Crippen LogP contribution in [0, 0.1) is 23.2 Å². The molecule has 0 amide bonds. The molecule has 2 fully saturated rings. The lowest BCUT2D eigenvalue weighted by atomic mass is 9.33. The lowest BCUT2D eigenvalue weighted by Crippen LogP contribution is -2.76. The number of methoxy groups -OCH3 is 2. The van der Waals surface area contributed by atoms with Crippen molar-refractivity contribution in [3.63, 3.8) is 0 Å². The molecule has 2 saturated carbocycles. The van der Waals surface area contributed by atoms with Gasteiger partial charge in [-0.2, -0.15) is 0 Å². The van der Waals surface area contributed by atoms with Crippen LogP contribution in [-0.4, -0.2) is 31.7 Å². The van der Waals surface area contributed by atoms with E-state index >= 15 is 0 Å². The van der Waals surface area contributed by atoms with Gasteiger partial charge in [0.05, 0.1) is 13.0 Å². The van der Waals surface area contributed by atoms with Crippen molar-refractivity contribution in [2.45, 2.75) is 56.7 Å². The third kappa shape index (κ3) is 1.50. The van der Waals surface area contributed by atoms with Gasteiger partial charge < -0.3 is 14.2 Å². The Kier molecular flexibility index (Phi) is 3.06. The zero-order valence-electron chi connectivity index (χ0n) is 17.1. The Hall–Kier alpha value is -1.81. The Labute approximate surface area is 166 Å².